The smallest absolute Gasteiger partial charge is 0.349 e. The number of hydroxylamine groups is 2. The third-order valence-electron chi connectivity index (χ3n) is 0.655. The van der Waals surface area contributed by atoms with Crippen molar-refractivity contribution in [2.45, 2.75) is 0 Å². The van der Waals surface area contributed by atoms with Gasteiger partial charge in [-0.05, 0) is 0 Å². The van der Waals surface area contributed by atoms with Crippen LogP contribution < -0.4 is 22.4 Å². The normalized spacial score (nSPS) is 8.29. The van der Waals surface area contributed by atoms with Gasteiger partial charge in [-0.3, -0.25) is 0 Å². The molecule has 0 aromatic rings. The number of amides is 4. The number of nitrogens with one attached hydrogen (secondary N) is 2. The lowest BCUT2D eigenvalue weighted by Crippen LogP contribution is -2.38. The van der Waals surface area contributed by atoms with Gasteiger partial charge in [0.1, 0.15) is 0 Å². The molecule has 14 heavy (non-hydrogen) atoms. The highest BCUT2D eigenvalue weighted by molar-refractivity contribution is 6.29. The van der Waals surface area contributed by atoms with Crippen molar-refractivity contribution < 1.29 is 28.9 Å². The van der Waals surface area contributed by atoms with Crippen LogP contribution in [0, 0.1) is 0 Å². The van der Waals surface area contributed by atoms with Crippen molar-refractivity contribution in [3.05, 3.63) is 0 Å². The van der Waals surface area contributed by atoms with Gasteiger partial charge in [-0.25, -0.2) is 19.2 Å². The molecule has 4 amide bonds. The van der Waals surface area contributed by atoms with E-state index in [4.69, 9.17) is 0 Å². The maximum atomic E-state index is 10.5. The van der Waals surface area contributed by atoms with Crippen LogP contribution in [0.4, 0.5) is 9.59 Å². The summed E-state index contributed by atoms with van der Waals surface area (Å²) in [4.78, 5) is 48.5. The summed E-state index contributed by atoms with van der Waals surface area (Å²) in [5, 5.41) is 0. The second-order valence-corrected chi connectivity index (χ2v) is 1.71. The topological polar surface area (TPSA) is 163 Å². The SMILES string of the molecule is NC(=O)NOC(=O)C(=O)ONC(N)=O. The monoisotopic (exact) mass is 206 g/mol. The van der Waals surface area contributed by atoms with Crippen LogP contribution in [0.5, 0.6) is 0 Å². The standard InChI is InChI=1S/C4H6N4O6/c5-3(11)7-13-1(9)2(10)14-8-4(6)12/h(H3,5,7,11)(H3,6,8,12). The zero-order valence-electron chi connectivity index (χ0n) is 6.60. The number of hydrogen-bond acceptors (Lipinski definition) is 6. The summed E-state index contributed by atoms with van der Waals surface area (Å²) in [7, 11) is 0. The minimum absolute atomic E-state index is 1.19. The van der Waals surface area contributed by atoms with Crippen molar-refractivity contribution in [3.8, 4) is 0 Å². The molecule has 0 fully saturated rings. The van der Waals surface area contributed by atoms with Crippen molar-refractivity contribution in [1.82, 2.24) is 11.0 Å². The van der Waals surface area contributed by atoms with E-state index in [-0.39, 0.29) is 0 Å². The maximum Gasteiger partial charge on any atom is 0.443 e. The Bertz CT molecular complexity index is 247. The Morgan fingerprint density at radius 1 is 0.786 bits per heavy atom. The van der Waals surface area contributed by atoms with Crippen molar-refractivity contribution in [2.24, 2.45) is 11.5 Å². The average Bonchev–Trinajstić information content (AvgIpc) is 2.09. The van der Waals surface area contributed by atoms with Gasteiger partial charge in [0.15, 0.2) is 0 Å². The quantitative estimate of drug-likeness (QED) is 0.247. The number of carbonyl (C=O) groups excluding carboxylic acids is 4. The zero-order valence-corrected chi connectivity index (χ0v) is 6.60. The molecule has 10 heteroatoms. The molecule has 78 valence electrons. The van der Waals surface area contributed by atoms with E-state index in [1.807, 2.05) is 0 Å². The van der Waals surface area contributed by atoms with Gasteiger partial charge in [-0.15, -0.1) is 0 Å². The first-order valence-corrected chi connectivity index (χ1v) is 2.96. The fourth-order valence-electron chi connectivity index (χ4n) is 0.277. The van der Waals surface area contributed by atoms with Crippen LogP contribution in [0.3, 0.4) is 0 Å². The van der Waals surface area contributed by atoms with Crippen molar-refractivity contribution in [1.29, 1.82) is 0 Å². The molecule has 10 nitrogen and oxygen atoms in total. The Morgan fingerprint density at radius 2 is 1.07 bits per heavy atom. The molecular formula is C4H6N4O6. The van der Waals surface area contributed by atoms with Gasteiger partial charge < -0.3 is 21.1 Å². The molecule has 0 radical (unpaired) electrons. The van der Waals surface area contributed by atoms with E-state index < -0.39 is 24.0 Å². The number of rotatable bonds is 0. The lowest BCUT2D eigenvalue weighted by atomic mass is 10.7. The van der Waals surface area contributed by atoms with Crippen LogP contribution in [0.2, 0.25) is 0 Å². The van der Waals surface area contributed by atoms with Crippen LogP contribution >= 0.6 is 0 Å². The van der Waals surface area contributed by atoms with E-state index in [1.165, 1.54) is 11.0 Å². The van der Waals surface area contributed by atoms with Crippen LogP contribution in [-0.4, -0.2) is 24.0 Å². The van der Waals surface area contributed by atoms with Crippen molar-refractivity contribution in [3.63, 3.8) is 0 Å². The van der Waals surface area contributed by atoms with Crippen molar-refractivity contribution in [2.75, 3.05) is 0 Å². The molecule has 0 unspecified atom stereocenters. The van der Waals surface area contributed by atoms with Crippen LogP contribution in [0.25, 0.3) is 0 Å². The second kappa shape index (κ2) is 5.18. The van der Waals surface area contributed by atoms with Crippen molar-refractivity contribution >= 4 is 24.0 Å². The molecule has 0 spiro atoms. The summed E-state index contributed by atoms with van der Waals surface area (Å²) in [5.74, 6) is -3.17. The predicted octanol–water partition coefficient (Wildman–Crippen LogP) is -2.76. The molecule has 0 aromatic heterocycles. The van der Waals surface area contributed by atoms with E-state index in [2.05, 4.69) is 21.1 Å². The second-order valence-electron chi connectivity index (χ2n) is 1.71. The molecule has 0 heterocycles. The molecular weight excluding hydrogens is 200 g/mol. The molecule has 0 aliphatic heterocycles. The molecule has 0 bridgehead atoms. The first-order chi connectivity index (χ1) is 6.43. The zero-order chi connectivity index (χ0) is 11.1. The Kier molecular flexibility index (Phi) is 4.25. The molecule has 0 saturated carbocycles. The highest BCUT2D eigenvalue weighted by atomic mass is 16.7. The Labute approximate surface area is 76.4 Å². The fourth-order valence-corrected chi connectivity index (χ4v) is 0.277. The van der Waals surface area contributed by atoms with Crippen LogP contribution in [0.15, 0.2) is 0 Å². The number of hydrogen-bond donors (Lipinski definition) is 4. The largest absolute Gasteiger partial charge is 0.443 e. The third-order valence-corrected chi connectivity index (χ3v) is 0.655. The molecule has 0 atom stereocenters. The Hall–Kier alpha value is -2.52. The number of nitrogens with two attached hydrogens (primary N) is 2. The lowest BCUT2D eigenvalue weighted by Gasteiger charge is -2.02. The van der Waals surface area contributed by atoms with E-state index in [1.54, 1.807) is 0 Å². The van der Waals surface area contributed by atoms with E-state index in [0.29, 0.717) is 0 Å². The summed E-state index contributed by atoms with van der Waals surface area (Å²) < 4.78 is 0. The summed E-state index contributed by atoms with van der Waals surface area (Å²) in [6, 6.07) is -2.37. The van der Waals surface area contributed by atoms with Gasteiger partial charge in [0.2, 0.25) is 0 Å². The molecule has 0 rings (SSSR count). The number of primary amides is 2. The van der Waals surface area contributed by atoms with Gasteiger partial charge in [-0.1, -0.05) is 0 Å². The minimum atomic E-state index is -1.59. The minimum Gasteiger partial charge on any atom is -0.349 e. The molecule has 0 saturated heterocycles. The van der Waals surface area contributed by atoms with Crippen LogP contribution in [-0.2, 0) is 19.3 Å². The summed E-state index contributed by atoms with van der Waals surface area (Å²) in [6.07, 6.45) is 0. The lowest BCUT2D eigenvalue weighted by molar-refractivity contribution is -0.173. The number of carbonyl (C=O) groups is 4. The fraction of sp³-hybridized carbons (Fsp3) is 0. The first-order valence-electron chi connectivity index (χ1n) is 2.96. The Morgan fingerprint density at radius 3 is 1.29 bits per heavy atom. The van der Waals surface area contributed by atoms with E-state index >= 15 is 0 Å². The average molecular weight is 206 g/mol. The van der Waals surface area contributed by atoms with Gasteiger partial charge in [0, 0.05) is 0 Å². The highest BCUT2D eigenvalue weighted by Crippen LogP contribution is 1.78. The first kappa shape index (κ1) is 11.5. The summed E-state index contributed by atoms with van der Waals surface area (Å²) >= 11 is 0. The summed E-state index contributed by atoms with van der Waals surface area (Å²) in [6.45, 7) is 0. The highest BCUT2D eigenvalue weighted by Gasteiger charge is 2.19. The van der Waals surface area contributed by atoms with Gasteiger partial charge in [0.05, 0.1) is 0 Å². The van der Waals surface area contributed by atoms with Gasteiger partial charge in [0.25, 0.3) is 0 Å². The Balaban J connectivity index is 3.82. The molecule has 0 aliphatic carbocycles. The third kappa shape index (κ3) is 5.17. The predicted molar refractivity (Wildman–Crippen MR) is 37.6 cm³/mol. The molecule has 0 aromatic carbocycles. The molecule has 6 N–H and O–H groups in total. The van der Waals surface area contributed by atoms with E-state index in [9.17, 15) is 19.2 Å². The van der Waals surface area contributed by atoms with Gasteiger partial charge in [-0.2, -0.15) is 11.0 Å². The van der Waals surface area contributed by atoms with Gasteiger partial charge >= 0.3 is 24.0 Å². The maximum absolute atomic E-state index is 10.5. The van der Waals surface area contributed by atoms with Crippen LogP contribution in [0.1, 0.15) is 0 Å². The molecule has 0 aliphatic rings. The number of urea groups is 2. The summed E-state index contributed by atoms with van der Waals surface area (Å²) in [5.41, 5.74) is 11.7. The van der Waals surface area contributed by atoms with E-state index in [0.717, 1.165) is 0 Å².